The van der Waals surface area contributed by atoms with Crippen LogP contribution < -0.4 is 0 Å². The lowest BCUT2D eigenvalue weighted by molar-refractivity contribution is -0.137. The first kappa shape index (κ1) is 13.6. The Hall–Kier alpha value is -1.47. The Kier molecular flexibility index (Phi) is 4.59. The van der Waals surface area contributed by atoms with Crippen LogP contribution in [0.2, 0.25) is 0 Å². The molecular weight excluding hydrogens is 229 g/mol. The third-order valence-electron chi connectivity index (χ3n) is 2.32. The van der Waals surface area contributed by atoms with Crippen molar-refractivity contribution in [2.75, 3.05) is 0 Å². The second-order valence-electron chi connectivity index (χ2n) is 3.60. The maximum absolute atomic E-state index is 12.4. The normalized spacial score (nSPS) is 12.8. The van der Waals surface area contributed by atoms with Crippen LogP contribution in [0.3, 0.4) is 0 Å². The molecule has 1 atom stereocenters. The van der Waals surface area contributed by atoms with Gasteiger partial charge in [0.15, 0.2) is 0 Å². The van der Waals surface area contributed by atoms with Crippen molar-refractivity contribution in [2.45, 2.75) is 32.0 Å². The number of alkyl halides is 3. The molecule has 1 unspecified atom stereocenters. The average Bonchev–Trinajstić information content (AvgIpc) is 2.28. The molecule has 1 aromatic rings. The molecule has 0 aliphatic heterocycles. The molecule has 0 aliphatic carbocycles. The third-order valence-corrected chi connectivity index (χ3v) is 2.32. The van der Waals surface area contributed by atoms with Crippen LogP contribution in [0.25, 0.3) is 0 Å². The minimum absolute atomic E-state index is 0.276. The fourth-order valence-electron chi connectivity index (χ4n) is 1.42. The van der Waals surface area contributed by atoms with E-state index in [0.29, 0.717) is 12.8 Å². The van der Waals surface area contributed by atoms with Crippen LogP contribution in [0, 0.1) is 11.8 Å². The molecule has 1 N–H and O–H groups in total. The molecule has 1 nitrogen and oxygen atoms in total. The van der Waals surface area contributed by atoms with Crippen LogP contribution in [0.15, 0.2) is 24.3 Å². The van der Waals surface area contributed by atoms with Crippen LogP contribution in [-0.2, 0) is 6.18 Å². The molecule has 0 fully saturated rings. The second kappa shape index (κ2) is 5.74. The molecule has 0 saturated carbocycles. The van der Waals surface area contributed by atoms with Gasteiger partial charge in [-0.1, -0.05) is 12.1 Å². The molecule has 0 aromatic heterocycles. The molecule has 0 bridgehead atoms. The predicted octanol–water partition coefficient (Wildman–Crippen LogP) is 3.54. The van der Waals surface area contributed by atoms with E-state index >= 15 is 0 Å². The third kappa shape index (κ3) is 4.12. The van der Waals surface area contributed by atoms with E-state index < -0.39 is 17.8 Å². The molecule has 17 heavy (non-hydrogen) atoms. The van der Waals surface area contributed by atoms with Gasteiger partial charge in [-0.3, -0.25) is 0 Å². The molecule has 0 aliphatic rings. The van der Waals surface area contributed by atoms with E-state index in [0.717, 1.165) is 12.1 Å². The zero-order valence-electron chi connectivity index (χ0n) is 9.38. The van der Waals surface area contributed by atoms with Crippen LogP contribution in [-0.4, -0.2) is 5.11 Å². The van der Waals surface area contributed by atoms with Crippen molar-refractivity contribution in [3.63, 3.8) is 0 Å². The number of rotatable bonds is 3. The lowest BCUT2D eigenvalue weighted by Gasteiger charge is -2.12. The van der Waals surface area contributed by atoms with Gasteiger partial charge in [0.1, 0.15) is 0 Å². The minimum atomic E-state index is -4.38. The van der Waals surface area contributed by atoms with E-state index in [9.17, 15) is 18.3 Å². The summed E-state index contributed by atoms with van der Waals surface area (Å²) in [6.45, 7) is 1.68. The summed E-state index contributed by atoms with van der Waals surface area (Å²) in [5.41, 5.74) is -0.464. The smallest absolute Gasteiger partial charge is 0.388 e. The molecular formula is C13H13F3O. The van der Waals surface area contributed by atoms with Crippen molar-refractivity contribution >= 4 is 0 Å². The van der Waals surface area contributed by atoms with Gasteiger partial charge in [-0.15, -0.1) is 11.8 Å². The topological polar surface area (TPSA) is 20.2 Å². The van der Waals surface area contributed by atoms with Crippen molar-refractivity contribution in [1.82, 2.24) is 0 Å². The number of hydrogen-bond donors (Lipinski definition) is 1. The lowest BCUT2D eigenvalue weighted by Crippen LogP contribution is -2.06. The van der Waals surface area contributed by atoms with Gasteiger partial charge >= 0.3 is 6.18 Å². The maximum Gasteiger partial charge on any atom is 0.416 e. The predicted molar refractivity (Wildman–Crippen MR) is 59.1 cm³/mol. The van der Waals surface area contributed by atoms with Gasteiger partial charge in [0.2, 0.25) is 0 Å². The molecule has 0 saturated heterocycles. The summed E-state index contributed by atoms with van der Waals surface area (Å²) in [6, 6.07) is 4.75. The van der Waals surface area contributed by atoms with Gasteiger partial charge in [0.05, 0.1) is 11.7 Å². The van der Waals surface area contributed by atoms with E-state index in [1.807, 2.05) is 0 Å². The fourth-order valence-corrected chi connectivity index (χ4v) is 1.42. The first-order valence-corrected chi connectivity index (χ1v) is 5.20. The van der Waals surface area contributed by atoms with Gasteiger partial charge in [-0.05, 0) is 31.0 Å². The van der Waals surface area contributed by atoms with Crippen LogP contribution in [0.4, 0.5) is 13.2 Å². The van der Waals surface area contributed by atoms with Crippen molar-refractivity contribution in [3.05, 3.63) is 35.4 Å². The number of halogens is 3. The molecule has 92 valence electrons. The van der Waals surface area contributed by atoms with E-state index in [-0.39, 0.29) is 5.56 Å². The SMILES string of the molecule is CC#CCCC(O)c1cccc(C(F)(F)F)c1. The van der Waals surface area contributed by atoms with E-state index in [1.54, 1.807) is 6.92 Å². The highest BCUT2D eigenvalue weighted by atomic mass is 19.4. The standard InChI is InChI=1S/C13H13F3O/c1-2-3-4-8-12(17)10-6-5-7-11(9-10)13(14,15)16/h5-7,9,12,17H,4,8H2,1H3. The quantitative estimate of drug-likeness (QED) is 0.804. The summed E-state index contributed by atoms with van der Waals surface area (Å²) < 4.78 is 37.3. The molecule has 0 heterocycles. The van der Waals surface area contributed by atoms with Crippen LogP contribution >= 0.6 is 0 Å². The van der Waals surface area contributed by atoms with E-state index in [4.69, 9.17) is 0 Å². The van der Waals surface area contributed by atoms with Gasteiger partial charge in [0.25, 0.3) is 0 Å². The number of aliphatic hydroxyl groups excluding tert-OH is 1. The Morgan fingerprint density at radius 3 is 2.65 bits per heavy atom. The fraction of sp³-hybridized carbons (Fsp3) is 0.385. The highest BCUT2D eigenvalue weighted by molar-refractivity contribution is 5.27. The van der Waals surface area contributed by atoms with E-state index in [2.05, 4.69) is 11.8 Å². The highest BCUT2D eigenvalue weighted by Crippen LogP contribution is 2.31. The summed E-state index contributed by atoms with van der Waals surface area (Å²) >= 11 is 0. The largest absolute Gasteiger partial charge is 0.416 e. The Labute approximate surface area is 98.3 Å². The number of benzene rings is 1. The Morgan fingerprint density at radius 1 is 1.35 bits per heavy atom. The molecule has 0 spiro atoms. The van der Waals surface area contributed by atoms with Crippen molar-refractivity contribution < 1.29 is 18.3 Å². The van der Waals surface area contributed by atoms with Gasteiger partial charge in [-0.2, -0.15) is 13.2 Å². The molecule has 0 radical (unpaired) electrons. The average molecular weight is 242 g/mol. The lowest BCUT2D eigenvalue weighted by atomic mass is 10.0. The minimum Gasteiger partial charge on any atom is -0.388 e. The number of aliphatic hydroxyl groups is 1. The zero-order chi connectivity index (χ0) is 12.9. The summed E-state index contributed by atoms with van der Waals surface area (Å²) in [5, 5.41) is 9.70. The zero-order valence-corrected chi connectivity index (χ0v) is 9.38. The molecule has 4 heteroatoms. The van der Waals surface area contributed by atoms with Gasteiger partial charge in [0, 0.05) is 6.42 Å². The summed E-state index contributed by atoms with van der Waals surface area (Å²) in [5.74, 6) is 5.43. The Balaban J connectivity index is 2.79. The molecule has 1 rings (SSSR count). The maximum atomic E-state index is 12.4. The van der Waals surface area contributed by atoms with Crippen LogP contribution in [0.1, 0.15) is 37.0 Å². The molecule has 0 amide bonds. The van der Waals surface area contributed by atoms with Gasteiger partial charge < -0.3 is 5.11 Å². The van der Waals surface area contributed by atoms with Crippen molar-refractivity contribution in [3.8, 4) is 11.8 Å². The molecule has 1 aromatic carbocycles. The van der Waals surface area contributed by atoms with Crippen molar-refractivity contribution in [1.29, 1.82) is 0 Å². The van der Waals surface area contributed by atoms with Crippen LogP contribution in [0.5, 0.6) is 0 Å². The highest BCUT2D eigenvalue weighted by Gasteiger charge is 2.30. The number of hydrogen-bond acceptors (Lipinski definition) is 1. The second-order valence-corrected chi connectivity index (χ2v) is 3.60. The van der Waals surface area contributed by atoms with E-state index in [1.165, 1.54) is 12.1 Å². The summed E-state index contributed by atoms with van der Waals surface area (Å²) in [7, 11) is 0. The first-order valence-electron chi connectivity index (χ1n) is 5.20. The van der Waals surface area contributed by atoms with Crippen molar-refractivity contribution in [2.24, 2.45) is 0 Å². The monoisotopic (exact) mass is 242 g/mol. The Morgan fingerprint density at radius 2 is 2.06 bits per heavy atom. The van der Waals surface area contributed by atoms with Gasteiger partial charge in [-0.25, -0.2) is 0 Å². The first-order chi connectivity index (χ1) is 7.95. The Bertz CT molecular complexity index is 426. The summed E-state index contributed by atoms with van der Waals surface area (Å²) in [6.07, 6.45) is -4.48. The summed E-state index contributed by atoms with van der Waals surface area (Å²) in [4.78, 5) is 0.